The van der Waals surface area contributed by atoms with Crippen LogP contribution in [-0.4, -0.2) is 24.0 Å². The molecular weight excluding hydrogens is 263 g/mol. The Labute approximate surface area is 98.4 Å². The molecule has 0 amide bonds. The second-order valence-corrected chi connectivity index (χ2v) is 4.48. The molecule has 0 fully saturated rings. The first-order chi connectivity index (χ1) is 6.57. The standard InChI is InChI=1S/C10H14BrClN2/c1-7-4-5-13-10(9(7)11)14(3)8(2)6-12/h4-5,8H,6H2,1-3H3. The summed E-state index contributed by atoms with van der Waals surface area (Å²) in [7, 11) is 2.00. The molecule has 0 radical (unpaired) electrons. The molecule has 1 atom stereocenters. The smallest absolute Gasteiger partial charge is 0.143 e. The molecule has 0 aliphatic heterocycles. The third-order valence-corrected chi connectivity index (χ3v) is 3.71. The van der Waals surface area contributed by atoms with Crippen molar-refractivity contribution in [1.82, 2.24) is 4.98 Å². The molecule has 0 N–H and O–H groups in total. The molecule has 1 rings (SSSR count). The fourth-order valence-corrected chi connectivity index (χ4v) is 1.81. The fourth-order valence-electron chi connectivity index (χ4n) is 1.08. The Kier molecular flexibility index (Phi) is 4.20. The van der Waals surface area contributed by atoms with Crippen LogP contribution < -0.4 is 4.90 Å². The second kappa shape index (κ2) is 4.99. The van der Waals surface area contributed by atoms with Crippen molar-refractivity contribution in [2.45, 2.75) is 19.9 Å². The SMILES string of the molecule is Cc1ccnc(N(C)C(C)CCl)c1Br. The van der Waals surface area contributed by atoms with E-state index < -0.39 is 0 Å². The molecule has 0 aromatic carbocycles. The van der Waals surface area contributed by atoms with Crippen molar-refractivity contribution in [1.29, 1.82) is 0 Å². The number of anilines is 1. The van der Waals surface area contributed by atoms with Crippen molar-refractivity contribution >= 4 is 33.3 Å². The van der Waals surface area contributed by atoms with Gasteiger partial charge in [-0.05, 0) is 41.4 Å². The van der Waals surface area contributed by atoms with E-state index in [9.17, 15) is 0 Å². The average molecular weight is 278 g/mol. The number of hydrogen-bond acceptors (Lipinski definition) is 2. The summed E-state index contributed by atoms with van der Waals surface area (Å²) in [4.78, 5) is 6.40. The summed E-state index contributed by atoms with van der Waals surface area (Å²) >= 11 is 9.34. The van der Waals surface area contributed by atoms with E-state index in [4.69, 9.17) is 11.6 Å². The molecule has 0 bridgehead atoms. The molecule has 1 heterocycles. The van der Waals surface area contributed by atoms with Crippen molar-refractivity contribution in [2.24, 2.45) is 0 Å². The van der Waals surface area contributed by atoms with Gasteiger partial charge < -0.3 is 4.90 Å². The molecule has 1 unspecified atom stereocenters. The van der Waals surface area contributed by atoms with Gasteiger partial charge in [0.25, 0.3) is 0 Å². The van der Waals surface area contributed by atoms with E-state index in [1.807, 2.05) is 19.3 Å². The molecule has 78 valence electrons. The van der Waals surface area contributed by atoms with Crippen LogP contribution in [0, 0.1) is 6.92 Å². The number of alkyl halides is 1. The lowest BCUT2D eigenvalue weighted by molar-refractivity contribution is 0.747. The van der Waals surface area contributed by atoms with Gasteiger partial charge in [0.05, 0.1) is 4.47 Å². The van der Waals surface area contributed by atoms with E-state index >= 15 is 0 Å². The normalized spacial score (nSPS) is 12.6. The predicted octanol–water partition coefficient (Wildman–Crippen LogP) is 3.22. The quantitative estimate of drug-likeness (QED) is 0.789. The monoisotopic (exact) mass is 276 g/mol. The maximum absolute atomic E-state index is 5.80. The largest absolute Gasteiger partial charge is 0.355 e. The van der Waals surface area contributed by atoms with Crippen molar-refractivity contribution < 1.29 is 0 Å². The zero-order valence-corrected chi connectivity index (χ0v) is 10.9. The van der Waals surface area contributed by atoms with E-state index in [0.29, 0.717) is 5.88 Å². The minimum atomic E-state index is 0.280. The number of aromatic nitrogens is 1. The highest BCUT2D eigenvalue weighted by Crippen LogP contribution is 2.27. The Hall–Kier alpha value is -0.280. The molecule has 1 aromatic heterocycles. The van der Waals surface area contributed by atoms with E-state index in [1.165, 1.54) is 5.56 Å². The van der Waals surface area contributed by atoms with Gasteiger partial charge in [0.2, 0.25) is 0 Å². The Balaban J connectivity index is 3.01. The number of nitrogens with zero attached hydrogens (tertiary/aromatic N) is 2. The maximum Gasteiger partial charge on any atom is 0.143 e. The van der Waals surface area contributed by atoms with Crippen LogP contribution >= 0.6 is 27.5 Å². The van der Waals surface area contributed by atoms with Crippen molar-refractivity contribution in [3.05, 3.63) is 22.3 Å². The average Bonchev–Trinajstić information content (AvgIpc) is 2.20. The molecule has 2 nitrogen and oxygen atoms in total. The lowest BCUT2D eigenvalue weighted by atomic mass is 10.2. The number of hydrogen-bond donors (Lipinski definition) is 0. The third kappa shape index (κ3) is 2.39. The van der Waals surface area contributed by atoms with Crippen LogP contribution in [0.4, 0.5) is 5.82 Å². The number of halogens is 2. The zero-order valence-electron chi connectivity index (χ0n) is 8.59. The van der Waals surface area contributed by atoms with Gasteiger partial charge in [-0.15, -0.1) is 11.6 Å². The molecule has 0 spiro atoms. The first-order valence-corrected chi connectivity index (χ1v) is 5.80. The first-order valence-electron chi connectivity index (χ1n) is 4.47. The highest BCUT2D eigenvalue weighted by molar-refractivity contribution is 9.10. The minimum Gasteiger partial charge on any atom is -0.355 e. The topological polar surface area (TPSA) is 16.1 Å². The minimum absolute atomic E-state index is 0.280. The van der Waals surface area contributed by atoms with E-state index in [1.54, 1.807) is 0 Å². The highest BCUT2D eigenvalue weighted by Gasteiger charge is 2.13. The number of rotatable bonds is 3. The van der Waals surface area contributed by atoms with Gasteiger partial charge in [0.15, 0.2) is 0 Å². The Morgan fingerprint density at radius 3 is 2.86 bits per heavy atom. The van der Waals surface area contributed by atoms with Crippen molar-refractivity contribution in [3.63, 3.8) is 0 Å². The molecule has 4 heteroatoms. The molecule has 0 aliphatic rings. The fraction of sp³-hybridized carbons (Fsp3) is 0.500. The van der Waals surface area contributed by atoms with Gasteiger partial charge in [-0.3, -0.25) is 0 Å². The zero-order chi connectivity index (χ0) is 10.7. The van der Waals surface area contributed by atoms with Crippen LogP contribution in [0.15, 0.2) is 16.7 Å². The lowest BCUT2D eigenvalue weighted by Crippen LogP contribution is -2.31. The summed E-state index contributed by atoms with van der Waals surface area (Å²) in [5.74, 6) is 1.54. The van der Waals surface area contributed by atoms with Crippen molar-refractivity contribution in [2.75, 3.05) is 17.8 Å². The van der Waals surface area contributed by atoms with Gasteiger partial charge in [-0.1, -0.05) is 0 Å². The van der Waals surface area contributed by atoms with Gasteiger partial charge in [-0.25, -0.2) is 4.98 Å². The molecular formula is C10H14BrClN2. The summed E-state index contributed by atoms with van der Waals surface area (Å²) in [6.45, 7) is 4.12. The summed E-state index contributed by atoms with van der Waals surface area (Å²) in [5, 5.41) is 0. The molecule has 0 aliphatic carbocycles. The van der Waals surface area contributed by atoms with Crippen LogP contribution in [0.25, 0.3) is 0 Å². The summed E-state index contributed by atoms with van der Waals surface area (Å²) in [6, 6.07) is 2.26. The summed E-state index contributed by atoms with van der Waals surface area (Å²) in [6.07, 6.45) is 1.81. The number of pyridine rings is 1. The predicted molar refractivity (Wildman–Crippen MR) is 65.3 cm³/mol. The van der Waals surface area contributed by atoms with Crippen LogP contribution in [0.1, 0.15) is 12.5 Å². The second-order valence-electron chi connectivity index (χ2n) is 3.38. The molecule has 1 aromatic rings. The highest BCUT2D eigenvalue weighted by atomic mass is 79.9. The Bertz CT molecular complexity index is 317. The van der Waals surface area contributed by atoms with Crippen LogP contribution in [0.2, 0.25) is 0 Å². The van der Waals surface area contributed by atoms with Gasteiger partial charge >= 0.3 is 0 Å². The molecule has 14 heavy (non-hydrogen) atoms. The van der Waals surface area contributed by atoms with Crippen LogP contribution in [0.5, 0.6) is 0 Å². The van der Waals surface area contributed by atoms with Gasteiger partial charge in [0.1, 0.15) is 5.82 Å². The first kappa shape index (κ1) is 11.8. The number of aryl methyl sites for hydroxylation is 1. The molecule has 0 saturated carbocycles. The Morgan fingerprint density at radius 1 is 1.64 bits per heavy atom. The van der Waals surface area contributed by atoms with Gasteiger partial charge in [-0.2, -0.15) is 0 Å². The Morgan fingerprint density at radius 2 is 2.29 bits per heavy atom. The van der Waals surface area contributed by atoms with E-state index in [2.05, 4.69) is 39.7 Å². The summed E-state index contributed by atoms with van der Waals surface area (Å²) in [5.41, 5.74) is 1.18. The van der Waals surface area contributed by atoms with Crippen LogP contribution in [0.3, 0.4) is 0 Å². The summed E-state index contributed by atoms with van der Waals surface area (Å²) < 4.78 is 1.04. The van der Waals surface area contributed by atoms with Gasteiger partial charge in [0, 0.05) is 25.2 Å². The van der Waals surface area contributed by atoms with E-state index in [-0.39, 0.29) is 6.04 Å². The van der Waals surface area contributed by atoms with Crippen LogP contribution in [-0.2, 0) is 0 Å². The van der Waals surface area contributed by atoms with E-state index in [0.717, 1.165) is 10.3 Å². The van der Waals surface area contributed by atoms with Crippen molar-refractivity contribution in [3.8, 4) is 0 Å². The third-order valence-electron chi connectivity index (χ3n) is 2.28. The lowest BCUT2D eigenvalue weighted by Gasteiger charge is -2.25. The molecule has 0 saturated heterocycles. The maximum atomic E-state index is 5.80.